The van der Waals surface area contributed by atoms with Crippen molar-refractivity contribution >= 4 is 15.9 Å². The molecule has 1 amide bonds. The Morgan fingerprint density at radius 3 is 2.71 bits per heavy atom. The predicted molar refractivity (Wildman–Crippen MR) is 90.5 cm³/mol. The SMILES string of the molecule is Cc1ccc(C(=O)NCC2CCCO2)cc1S(=O)(=O)N1CCCC1. The van der Waals surface area contributed by atoms with Crippen molar-refractivity contribution in [3.8, 4) is 0 Å². The van der Waals surface area contributed by atoms with E-state index in [2.05, 4.69) is 5.32 Å². The Bertz CT molecular complexity index is 705. The number of nitrogens with one attached hydrogen (secondary N) is 1. The maximum atomic E-state index is 12.8. The summed E-state index contributed by atoms with van der Waals surface area (Å²) in [6.07, 6.45) is 3.80. The zero-order chi connectivity index (χ0) is 17.2. The van der Waals surface area contributed by atoms with Gasteiger partial charge < -0.3 is 10.1 Å². The molecule has 3 rings (SSSR count). The fourth-order valence-electron chi connectivity index (χ4n) is 3.20. The van der Waals surface area contributed by atoms with Crippen LogP contribution >= 0.6 is 0 Å². The van der Waals surface area contributed by atoms with Gasteiger partial charge in [0.1, 0.15) is 0 Å². The summed E-state index contributed by atoms with van der Waals surface area (Å²) in [5.41, 5.74) is 1.04. The molecule has 1 aromatic rings. The Hall–Kier alpha value is -1.44. The molecule has 2 heterocycles. The lowest BCUT2D eigenvalue weighted by atomic mass is 10.1. The van der Waals surface area contributed by atoms with Crippen LogP contribution in [0.15, 0.2) is 23.1 Å². The van der Waals surface area contributed by atoms with Crippen LogP contribution in [0.5, 0.6) is 0 Å². The molecule has 0 bridgehead atoms. The summed E-state index contributed by atoms with van der Waals surface area (Å²) in [7, 11) is -3.53. The summed E-state index contributed by atoms with van der Waals surface area (Å²) in [5.74, 6) is -0.261. The number of nitrogens with zero attached hydrogens (tertiary/aromatic N) is 1. The Morgan fingerprint density at radius 2 is 2.04 bits per heavy atom. The van der Waals surface area contributed by atoms with Crippen LogP contribution in [0, 0.1) is 6.92 Å². The molecular weight excluding hydrogens is 328 g/mol. The van der Waals surface area contributed by atoms with E-state index in [9.17, 15) is 13.2 Å². The van der Waals surface area contributed by atoms with Gasteiger partial charge in [-0.15, -0.1) is 0 Å². The lowest BCUT2D eigenvalue weighted by molar-refractivity contribution is 0.0857. The molecule has 6 nitrogen and oxygen atoms in total. The standard InChI is InChI=1S/C17H24N2O4S/c1-13-6-7-14(17(20)18-12-15-5-4-10-23-15)11-16(13)24(21,22)19-8-2-3-9-19/h6-7,11,15H,2-5,8-10,12H2,1H3,(H,18,20). The minimum absolute atomic E-state index is 0.0622. The molecule has 2 aliphatic rings. The fraction of sp³-hybridized carbons (Fsp3) is 0.588. The van der Waals surface area contributed by atoms with Crippen LogP contribution < -0.4 is 5.32 Å². The molecule has 0 spiro atoms. The number of carbonyl (C=O) groups excluding carboxylic acids is 1. The van der Waals surface area contributed by atoms with Crippen LogP contribution in [-0.4, -0.2) is 51.0 Å². The topological polar surface area (TPSA) is 75.7 Å². The minimum Gasteiger partial charge on any atom is -0.376 e. The molecule has 1 unspecified atom stereocenters. The van der Waals surface area contributed by atoms with Crippen molar-refractivity contribution in [2.24, 2.45) is 0 Å². The van der Waals surface area contributed by atoms with E-state index in [0.29, 0.717) is 30.8 Å². The van der Waals surface area contributed by atoms with Crippen LogP contribution in [-0.2, 0) is 14.8 Å². The monoisotopic (exact) mass is 352 g/mol. The highest BCUT2D eigenvalue weighted by molar-refractivity contribution is 7.89. The minimum atomic E-state index is -3.53. The van der Waals surface area contributed by atoms with E-state index >= 15 is 0 Å². The first-order valence-electron chi connectivity index (χ1n) is 8.49. The number of amides is 1. The van der Waals surface area contributed by atoms with Gasteiger partial charge in [0.05, 0.1) is 11.0 Å². The highest BCUT2D eigenvalue weighted by Crippen LogP contribution is 2.24. The van der Waals surface area contributed by atoms with Gasteiger partial charge in [-0.2, -0.15) is 4.31 Å². The van der Waals surface area contributed by atoms with Gasteiger partial charge in [0, 0.05) is 31.8 Å². The maximum Gasteiger partial charge on any atom is 0.251 e. The number of hydrogen-bond acceptors (Lipinski definition) is 4. The van der Waals surface area contributed by atoms with Gasteiger partial charge in [0.15, 0.2) is 0 Å². The van der Waals surface area contributed by atoms with Gasteiger partial charge in [0.25, 0.3) is 5.91 Å². The van der Waals surface area contributed by atoms with Gasteiger partial charge in [-0.1, -0.05) is 6.07 Å². The maximum absolute atomic E-state index is 12.8. The van der Waals surface area contributed by atoms with Crippen LogP contribution in [0.3, 0.4) is 0 Å². The molecule has 132 valence electrons. The summed E-state index contributed by atoms with van der Waals surface area (Å²) in [6, 6.07) is 4.86. The first-order valence-corrected chi connectivity index (χ1v) is 9.93. The number of rotatable bonds is 5. The number of aryl methyl sites for hydroxylation is 1. The first kappa shape index (κ1) is 17.4. The third kappa shape index (κ3) is 3.63. The molecule has 2 fully saturated rings. The molecule has 0 aliphatic carbocycles. The lowest BCUT2D eigenvalue weighted by Crippen LogP contribution is -2.32. The summed E-state index contributed by atoms with van der Waals surface area (Å²) in [5, 5.41) is 2.84. The van der Waals surface area contributed by atoms with Crippen molar-refractivity contribution in [3.63, 3.8) is 0 Å². The molecule has 2 saturated heterocycles. The smallest absolute Gasteiger partial charge is 0.251 e. The van der Waals surface area contributed by atoms with Crippen LogP contribution in [0.1, 0.15) is 41.6 Å². The van der Waals surface area contributed by atoms with Gasteiger partial charge >= 0.3 is 0 Å². The molecule has 0 radical (unpaired) electrons. The normalized spacial score (nSPS) is 22.0. The van der Waals surface area contributed by atoms with Crippen molar-refractivity contribution in [1.82, 2.24) is 9.62 Å². The molecule has 0 saturated carbocycles. The fourth-order valence-corrected chi connectivity index (χ4v) is 4.97. The summed E-state index contributed by atoms with van der Waals surface area (Å²) in [6.45, 7) is 4.07. The van der Waals surface area contributed by atoms with E-state index in [1.54, 1.807) is 19.1 Å². The van der Waals surface area contributed by atoms with E-state index in [0.717, 1.165) is 32.3 Å². The Kier molecular flexibility index (Phi) is 5.22. The predicted octanol–water partition coefficient (Wildman–Crippen LogP) is 1.69. The largest absolute Gasteiger partial charge is 0.376 e. The number of hydrogen-bond donors (Lipinski definition) is 1. The number of benzene rings is 1. The van der Waals surface area contributed by atoms with E-state index in [1.807, 2.05) is 0 Å². The highest BCUT2D eigenvalue weighted by atomic mass is 32.2. The molecule has 24 heavy (non-hydrogen) atoms. The van der Waals surface area contributed by atoms with Crippen LogP contribution in [0.4, 0.5) is 0 Å². The van der Waals surface area contributed by atoms with Crippen molar-refractivity contribution in [3.05, 3.63) is 29.3 Å². The van der Waals surface area contributed by atoms with Crippen molar-refractivity contribution in [1.29, 1.82) is 0 Å². The van der Waals surface area contributed by atoms with Crippen molar-refractivity contribution < 1.29 is 17.9 Å². The first-order chi connectivity index (χ1) is 11.5. The van der Waals surface area contributed by atoms with E-state index in [4.69, 9.17) is 4.74 Å². The number of carbonyl (C=O) groups is 1. The van der Waals surface area contributed by atoms with E-state index < -0.39 is 10.0 Å². The second kappa shape index (κ2) is 7.21. The molecule has 0 aromatic heterocycles. The third-order valence-electron chi connectivity index (χ3n) is 4.65. The van der Waals surface area contributed by atoms with E-state index in [-0.39, 0.29) is 16.9 Å². The average Bonchev–Trinajstić information content (AvgIpc) is 3.26. The van der Waals surface area contributed by atoms with Gasteiger partial charge in [0.2, 0.25) is 10.0 Å². The average molecular weight is 352 g/mol. The van der Waals surface area contributed by atoms with Gasteiger partial charge in [-0.3, -0.25) is 4.79 Å². The summed E-state index contributed by atoms with van der Waals surface area (Å²) in [4.78, 5) is 12.6. The summed E-state index contributed by atoms with van der Waals surface area (Å²) >= 11 is 0. The molecule has 1 N–H and O–H groups in total. The molecule has 7 heteroatoms. The quantitative estimate of drug-likeness (QED) is 0.875. The number of sulfonamides is 1. The lowest BCUT2D eigenvalue weighted by Gasteiger charge is -2.18. The van der Waals surface area contributed by atoms with Crippen LogP contribution in [0.25, 0.3) is 0 Å². The molecular formula is C17H24N2O4S. The summed E-state index contributed by atoms with van der Waals surface area (Å²) < 4.78 is 32.5. The highest BCUT2D eigenvalue weighted by Gasteiger charge is 2.29. The third-order valence-corrected chi connectivity index (χ3v) is 6.69. The van der Waals surface area contributed by atoms with Crippen LogP contribution in [0.2, 0.25) is 0 Å². The Labute approximate surface area is 143 Å². The molecule has 1 aromatic carbocycles. The molecule has 2 aliphatic heterocycles. The van der Waals surface area contributed by atoms with Crippen molar-refractivity contribution in [2.45, 2.75) is 43.6 Å². The van der Waals surface area contributed by atoms with Crippen molar-refractivity contribution in [2.75, 3.05) is 26.2 Å². The second-order valence-corrected chi connectivity index (χ2v) is 8.34. The second-order valence-electron chi connectivity index (χ2n) is 6.44. The van der Waals surface area contributed by atoms with Gasteiger partial charge in [-0.25, -0.2) is 8.42 Å². The zero-order valence-electron chi connectivity index (χ0n) is 14.0. The number of ether oxygens (including phenoxy) is 1. The Morgan fingerprint density at radius 1 is 1.29 bits per heavy atom. The van der Waals surface area contributed by atoms with E-state index in [1.165, 1.54) is 10.4 Å². The molecule has 1 atom stereocenters. The zero-order valence-corrected chi connectivity index (χ0v) is 14.8. The Balaban J connectivity index is 1.76. The van der Waals surface area contributed by atoms with Gasteiger partial charge in [-0.05, 0) is 50.3 Å².